The Kier molecular flexibility index (Phi) is 5.59. The molecule has 0 saturated carbocycles. The van der Waals surface area contributed by atoms with E-state index in [2.05, 4.69) is 5.32 Å². The lowest BCUT2D eigenvalue weighted by molar-refractivity contribution is -0.384. The molecule has 1 N–H and O–H groups in total. The minimum Gasteiger partial charge on any atom is -0.496 e. The number of anilines is 1. The zero-order chi connectivity index (χ0) is 18.6. The molecule has 0 aliphatic rings. The van der Waals surface area contributed by atoms with Gasteiger partial charge in [0.05, 0.1) is 18.1 Å². The first-order chi connectivity index (χ1) is 11.8. The predicted molar refractivity (Wildman–Crippen MR) is 94.3 cm³/mol. The minimum absolute atomic E-state index is 0.0900. The highest BCUT2D eigenvalue weighted by molar-refractivity contribution is 5.96. The topological polar surface area (TPSA) is 90.7 Å². The standard InChI is InChI=1S/C18H20N2O5/c1-11-6-5-7-17(12(11)2)25-13(3)18(21)19-15-9-8-14(24-4)10-16(15)20(22)23/h5-10,13H,1-4H3,(H,19,21). The first-order valence-corrected chi connectivity index (χ1v) is 7.69. The maximum absolute atomic E-state index is 12.4. The first-order valence-electron chi connectivity index (χ1n) is 7.69. The molecule has 7 heteroatoms. The summed E-state index contributed by atoms with van der Waals surface area (Å²) in [6, 6.07) is 9.80. The molecule has 0 aliphatic carbocycles. The molecule has 0 fully saturated rings. The monoisotopic (exact) mass is 344 g/mol. The third-order valence-corrected chi connectivity index (χ3v) is 3.89. The number of nitrogens with zero attached hydrogens (tertiary/aromatic N) is 1. The molecule has 1 atom stereocenters. The lowest BCUT2D eigenvalue weighted by Gasteiger charge is -2.17. The molecule has 0 heterocycles. The second-order valence-electron chi connectivity index (χ2n) is 5.59. The number of nitro benzene ring substituents is 1. The van der Waals surface area contributed by atoms with Crippen molar-refractivity contribution in [3.8, 4) is 11.5 Å². The average Bonchev–Trinajstić information content (AvgIpc) is 2.59. The average molecular weight is 344 g/mol. The van der Waals surface area contributed by atoms with Crippen LogP contribution in [0.4, 0.5) is 11.4 Å². The number of hydrogen-bond acceptors (Lipinski definition) is 5. The third kappa shape index (κ3) is 4.26. The Hall–Kier alpha value is -3.09. The summed E-state index contributed by atoms with van der Waals surface area (Å²) in [5.41, 5.74) is 1.84. The summed E-state index contributed by atoms with van der Waals surface area (Å²) >= 11 is 0. The third-order valence-electron chi connectivity index (χ3n) is 3.89. The molecule has 0 aliphatic heterocycles. The van der Waals surface area contributed by atoms with E-state index in [1.807, 2.05) is 26.0 Å². The highest BCUT2D eigenvalue weighted by atomic mass is 16.6. The van der Waals surface area contributed by atoms with Crippen LogP contribution in [0.2, 0.25) is 0 Å². The molecule has 132 valence electrons. The highest BCUT2D eigenvalue weighted by Gasteiger charge is 2.21. The van der Waals surface area contributed by atoms with Gasteiger partial charge >= 0.3 is 0 Å². The smallest absolute Gasteiger partial charge is 0.296 e. The predicted octanol–water partition coefficient (Wildman–Crippen LogP) is 3.63. The molecule has 2 rings (SSSR count). The number of carbonyl (C=O) groups is 1. The van der Waals surface area contributed by atoms with Gasteiger partial charge in [0, 0.05) is 0 Å². The lowest BCUT2D eigenvalue weighted by atomic mass is 10.1. The Bertz CT molecular complexity index is 804. The van der Waals surface area contributed by atoms with Crippen molar-refractivity contribution in [1.29, 1.82) is 0 Å². The Morgan fingerprint density at radius 2 is 1.96 bits per heavy atom. The van der Waals surface area contributed by atoms with Gasteiger partial charge in [-0.05, 0) is 50.1 Å². The lowest BCUT2D eigenvalue weighted by Crippen LogP contribution is -2.30. The van der Waals surface area contributed by atoms with Crippen LogP contribution in [0, 0.1) is 24.0 Å². The fraction of sp³-hybridized carbons (Fsp3) is 0.278. The molecule has 25 heavy (non-hydrogen) atoms. The number of ether oxygens (including phenoxy) is 2. The van der Waals surface area contributed by atoms with Crippen molar-refractivity contribution in [3.63, 3.8) is 0 Å². The van der Waals surface area contributed by atoms with Crippen LogP contribution in [0.3, 0.4) is 0 Å². The number of carbonyl (C=O) groups excluding carboxylic acids is 1. The largest absolute Gasteiger partial charge is 0.496 e. The van der Waals surface area contributed by atoms with Crippen LogP contribution in [-0.4, -0.2) is 24.0 Å². The number of nitrogens with one attached hydrogen (secondary N) is 1. The van der Waals surface area contributed by atoms with E-state index in [-0.39, 0.29) is 11.4 Å². The van der Waals surface area contributed by atoms with Crippen LogP contribution in [0.15, 0.2) is 36.4 Å². The van der Waals surface area contributed by atoms with Crippen LogP contribution in [0.1, 0.15) is 18.1 Å². The zero-order valence-corrected chi connectivity index (χ0v) is 14.5. The van der Waals surface area contributed by atoms with Crippen LogP contribution >= 0.6 is 0 Å². The van der Waals surface area contributed by atoms with E-state index in [0.29, 0.717) is 11.5 Å². The SMILES string of the molecule is COc1ccc(NC(=O)C(C)Oc2cccc(C)c2C)c([N+](=O)[O-])c1. The number of methoxy groups -OCH3 is 1. The Balaban J connectivity index is 2.16. The molecular formula is C18H20N2O5. The van der Waals surface area contributed by atoms with E-state index < -0.39 is 16.9 Å². The molecule has 0 bridgehead atoms. The molecule has 0 saturated heterocycles. The molecule has 0 spiro atoms. The van der Waals surface area contributed by atoms with E-state index in [0.717, 1.165) is 11.1 Å². The maximum atomic E-state index is 12.4. The van der Waals surface area contributed by atoms with Crippen LogP contribution in [-0.2, 0) is 4.79 Å². The summed E-state index contributed by atoms with van der Waals surface area (Å²) < 4.78 is 10.7. The second kappa shape index (κ2) is 7.65. The van der Waals surface area contributed by atoms with Crippen LogP contribution in [0.25, 0.3) is 0 Å². The minimum atomic E-state index is -0.817. The van der Waals surface area contributed by atoms with Gasteiger partial charge in [-0.25, -0.2) is 0 Å². The Morgan fingerprint density at radius 1 is 1.24 bits per heavy atom. The van der Waals surface area contributed by atoms with E-state index in [1.165, 1.54) is 19.2 Å². The zero-order valence-electron chi connectivity index (χ0n) is 14.5. The van der Waals surface area contributed by atoms with Gasteiger partial charge in [0.15, 0.2) is 6.10 Å². The van der Waals surface area contributed by atoms with E-state index >= 15 is 0 Å². The number of rotatable bonds is 6. The van der Waals surface area contributed by atoms with Gasteiger partial charge in [-0.15, -0.1) is 0 Å². The van der Waals surface area contributed by atoms with Crippen molar-refractivity contribution in [1.82, 2.24) is 0 Å². The molecule has 7 nitrogen and oxygen atoms in total. The quantitative estimate of drug-likeness (QED) is 0.638. The van der Waals surface area contributed by atoms with Crippen molar-refractivity contribution in [2.75, 3.05) is 12.4 Å². The van der Waals surface area contributed by atoms with Crippen LogP contribution < -0.4 is 14.8 Å². The van der Waals surface area contributed by atoms with Crippen molar-refractivity contribution >= 4 is 17.3 Å². The van der Waals surface area contributed by atoms with Crippen molar-refractivity contribution in [3.05, 3.63) is 57.6 Å². The highest BCUT2D eigenvalue weighted by Crippen LogP contribution is 2.29. The molecule has 2 aromatic carbocycles. The molecule has 0 radical (unpaired) electrons. The van der Waals surface area contributed by atoms with Gasteiger partial charge < -0.3 is 14.8 Å². The fourth-order valence-corrected chi connectivity index (χ4v) is 2.23. The Morgan fingerprint density at radius 3 is 2.60 bits per heavy atom. The van der Waals surface area contributed by atoms with Gasteiger partial charge in [0.2, 0.25) is 0 Å². The van der Waals surface area contributed by atoms with Gasteiger partial charge in [0.25, 0.3) is 11.6 Å². The second-order valence-corrected chi connectivity index (χ2v) is 5.59. The summed E-state index contributed by atoms with van der Waals surface area (Å²) in [5, 5.41) is 13.7. The molecule has 0 aromatic heterocycles. The van der Waals surface area contributed by atoms with E-state index in [9.17, 15) is 14.9 Å². The fourth-order valence-electron chi connectivity index (χ4n) is 2.23. The van der Waals surface area contributed by atoms with Crippen molar-refractivity contribution < 1.29 is 19.2 Å². The van der Waals surface area contributed by atoms with Crippen molar-refractivity contribution in [2.24, 2.45) is 0 Å². The number of nitro groups is 1. The molecule has 1 amide bonds. The van der Waals surface area contributed by atoms with Gasteiger partial charge in [0.1, 0.15) is 17.2 Å². The first kappa shape index (κ1) is 18.3. The summed E-state index contributed by atoms with van der Waals surface area (Å²) in [6.07, 6.45) is -0.817. The van der Waals surface area contributed by atoms with Gasteiger partial charge in [-0.1, -0.05) is 12.1 Å². The van der Waals surface area contributed by atoms with Gasteiger partial charge in [-0.2, -0.15) is 0 Å². The molecule has 2 aromatic rings. The summed E-state index contributed by atoms with van der Waals surface area (Å²) in [6.45, 7) is 5.45. The van der Waals surface area contributed by atoms with E-state index in [1.54, 1.807) is 19.1 Å². The normalized spacial score (nSPS) is 11.5. The van der Waals surface area contributed by atoms with Crippen LogP contribution in [0.5, 0.6) is 11.5 Å². The summed E-state index contributed by atoms with van der Waals surface area (Å²) in [7, 11) is 1.41. The number of hydrogen-bond donors (Lipinski definition) is 1. The molecule has 1 unspecified atom stereocenters. The maximum Gasteiger partial charge on any atom is 0.296 e. The summed E-state index contributed by atoms with van der Waals surface area (Å²) in [5.74, 6) is 0.463. The summed E-state index contributed by atoms with van der Waals surface area (Å²) in [4.78, 5) is 23.0. The molecular weight excluding hydrogens is 324 g/mol. The van der Waals surface area contributed by atoms with Crippen molar-refractivity contribution in [2.45, 2.75) is 26.9 Å². The van der Waals surface area contributed by atoms with E-state index in [4.69, 9.17) is 9.47 Å². The Labute approximate surface area is 145 Å². The number of amides is 1. The number of aryl methyl sites for hydroxylation is 1. The van der Waals surface area contributed by atoms with Gasteiger partial charge in [-0.3, -0.25) is 14.9 Å². The number of benzene rings is 2.